The van der Waals surface area contributed by atoms with Crippen LogP contribution in [0.15, 0.2) is 58.2 Å². The highest BCUT2D eigenvalue weighted by molar-refractivity contribution is 7.99. The molecule has 0 bridgehead atoms. The molecule has 1 aliphatic carbocycles. The van der Waals surface area contributed by atoms with Gasteiger partial charge in [-0.15, -0.1) is 10.2 Å². The van der Waals surface area contributed by atoms with Crippen molar-refractivity contribution >= 4 is 35.0 Å². The van der Waals surface area contributed by atoms with Gasteiger partial charge in [0.15, 0.2) is 0 Å². The fourth-order valence-electron chi connectivity index (χ4n) is 3.99. The lowest BCUT2D eigenvalue weighted by Gasteiger charge is -2.31. The van der Waals surface area contributed by atoms with Crippen molar-refractivity contribution in [1.82, 2.24) is 15.1 Å². The van der Waals surface area contributed by atoms with E-state index in [2.05, 4.69) is 33.5 Å². The van der Waals surface area contributed by atoms with E-state index in [9.17, 15) is 4.79 Å². The number of benzene rings is 2. The van der Waals surface area contributed by atoms with E-state index in [1.165, 1.54) is 43.9 Å². The number of rotatable bonds is 8. The molecule has 0 unspecified atom stereocenters. The van der Waals surface area contributed by atoms with Crippen LogP contribution >= 0.6 is 23.4 Å². The first-order valence-electron chi connectivity index (χ1n) is 10.9. The second-order valence-corrected chi connectivity index (χ2v) is 9.44. The second kappa shape index (κ2) is 11.0. The topological polar surface area (TPSA) is 71.3 Å². The van der Waals surface area contributed by atoms with Crippen molar-refractivity contribution in [2.75, 3.05) is 18.1 Å². The molecule has 1 N–H and O–H groups in total. The van der Waals surface area contributed by atoms with Crippen LogP contribution < -0.4 is 5.32 Å². The molecule has 1 aliphatic rings. The summed E-state index contributed by atoms with van der Waals surface area (Å²) < 4.78 is 5.66. The van der Waals surface area contributed by atoms with E-state index in [0.29, 0.717) is 22.2 Å². The van der Waals surface area contributed by atoms with Crippen molar-refractivity contribution in [3.8, 4) is 11.5 Å². The van der Waals surface area contributed by atoms with E-state index in [1.54, 1.807) is 12.1 Å². The third-order valence-electron chi connectivity index (χ3n) is 5.73. The molecule has 1 fully saturated rings. The molecule has 168 valence electrons. The summed E-state index contributed by atoms with van der Waals surface area (Å²) in [5.41, 5.74) is 2.77. The normalized spacial score (nSPS) is 14.6. The molecule has 1 heterocycles. The lowest BCUT2D eigenvalue weighted by atomic mass is 9.94. The van der Waals surface area contributed by atoms with E-state index >= 15 is 0 Å². The number of hydrogen-bond donors (Lipinski definition) is 1. The SMILES string of the molecule is CN(Cc1ccccc1NC(=O)CSc1nnc(-c2ccc(Cl)cc2)o1)C1CCCCC1. The van der Waals surface area contributed by atoms with E-state index < -0.39 is 0 Å². The molecule has 2 aromatic carbocycles. The molecule has 0 radical (unpaired) electrons. The van der Waals surface area contributed by atoms with Crippen molar-refractivity contribution in [2.24, 2.45) is 0 Å². The molecule has 32 heavy (non-hydrogen) atoms. The van der Waals surface area contributed by atoms with Crippen LogP contribution in [0.25, 0.3) is 11.5 Å². The van der Waals surface area contributed by atoms with Gasteiger partial charge < -0.3 is 9.73 Å². The monoisotopic (exact) mass is 470 g/mol. The highest BCUT2D eigenvalue weighted by Gasteiger charge is 2.19. The number of halogens is 1. The number of amides is 1. The van der Waals surface area contributed by atoms with Gasteiger partial charge in [0.1, 0.15) is 0 Å². The summed E-state index contributed by atoms with van der Waals surface area (Å²) >= 11 is 7.14. The van der Waals surface area contributed by atoms with E-state index in [0.717, 1.165) is 23.4 Å². The van der Waals surface area contributed by atoms with Crippen LogP contribution in [0.1, 0.15) is 37.7 Å². The number of carbonyl (C=O) groups excluding carboxylic acids is 1. The largest absolute Gasteiger partial charge is 0.411 e. The van der Waals surface area contributed by atoms with Gasteiger partial charge in [0.25, 0.3) is 5.22 Å². The van der Waals surface area contributed by atoms with Crippen LogP contribution in [0, 0.1) is 0 Å². The molecule has 0 atom stereocenters. The maximum absolute atomic E-state index is 12.6. The first-order chi connectivity index (χ1) is 15.6. The van der Waals surface area contributed by atoms with Crippen molar-refractivity contribution in [1.29, 1.82) is 0 Å². The molecule has 3 aromatic rings. The minimum Gasteiger partial charge on any atom is -0.411 e. The second-order valence-electron chi connectivity index (χ2n) is 8.08. The molecule has 1 amide bonds. The van der Waals surface area contributed by atoms with Crippen molar-refractivity contribution in [2.45, 2.75) is 49.9 Å². The fraction of sp³-hybridized carbons (Fsp3) is 0.375. The maximum atomic E-state index is 12.6. The first kappa shape index (κ1) is 22.8. The number of thioether (sulfide) groups is 1. The van der Waals surface area contributed by atoms with Gasteiger partial charge in [-0.05, 0) is 55.8 Å². The summed E-state index contributed by atoms with van der Waals surface area (Å²) in [4.78, 5) is 15.0. The zero-order valence-corrected chi connectivity index (χ0v) is 19.7. The smallest absolute Gasteiger partial charge is 0.277 e. The standard InChI is InChI=1S/C24H27ClN4O2S/c1-29(20-8-3-2-4-9-20)15-18-7-5-6-10-21(18)26-22(30)16-32-24-28-27-23(31-24)17-11-13-19(25)14-12-17/h5-7,10-14,20H,2-4,8-9,15-16H2,1H3,(H,26,30). The zero-order chi connectivity index (χ0) is 22.3. The third-order valence-corrected chi connectivity index (χ3v) is 6.80. The summed E-state index contributed by atoms with van der Waals surface area (Å²) in [5, 5.41) is 12.1. The third kappa shape index (κ3) is 6.12. The number of nitrogens with zero attached hydrogens (tertiary/aromatic N) is 3. The Labute approximate surface area is 197 Å². The Bertz CT molecular complexity index is 1030. The number of anilines is 1. The summed E-state index contributed by atoms with van der Waals surface area (Å²) in [6.45, 7) is 0.822. The molecule has 4 rings (SSSR count). The quantitative estimate of drug-likeness (QED) is 0.414. The summed E-state index contributed by atoms with van der Waals surface area (Å²) in [6, 6.07) is 15.8. The van der Waals surface area contributed by atoms with Crippen LogP contribution in [0.3, 0.4) is 0 Å². The number of para-hydroxylation sites is 1. The van der Waals surface area contributed by atoms with Crippen LogP contribution in [0.2, 0.25) is 5.02 Å². The van der Waals surface area contributed by atoms with Gasteiger partial charge in [-0.3, -0.25) is 9.69 Å². The van der Waals surface area contributed by atoms with Gasteiger partial charge in [-0.2, -0.15) is 0 Å². The van der Waals surface area contributed by atoms with Crippen LogP contribution in [0.4, 0.5) is 5.69 Å². The molecular weight excluding hydrogens is 444 g/mol. The van der Waals surface area contributed by atoms with Crippen LogP contribution in [-0.2, 0) is 11.3 Å². The van der Waals surface area contributed by atoms with Crippen molar-refractivity contribution in [3.63, 3.8) is 0 Å². The minimum atomic E-state index is -0.103. The first-order valence-corrected chi connectivity index (χ1v) is 12.2. The zero-order valence-electron chi connectivity index (χ0n) is 18.1. The molecule has 0 saturated heterocycles. The lowest BCUT2D eigenvalue weighted by molar-refractivity contribution is -0.113. The van der Waals surface area contributed by atoms with E-state index in [-0.39, 0.29) is 11.7 Å². The number of hydrogen-bond acceptors (Lipinski definition) is 6. The molecular formula is C24H27ClN4O2S. The molecule has 1 aromatic heterocycles. The Balaban J connectivity index is 1.32. The van der Waals surface area contributed by atoms with Gasteiger partial charge in [0.05, 0.1) is 5.75 Å². The van der Waals surface area contributed by atoms with Gasteiger partial charge in [-0.25, -0.2) is 0 Å². The van der Waals surface area contributed by atoms with E-state index in [4.69, 9.17) is 16.0 Å². The Morgan fingerprint density at radius 1 is 1.12 bits per heavy atom. The fourth-order valence-corrected chi connectivity index (χ4v) is 4.68. The van der Waals surface area contributed by atoms with E-state index in [1.807, 2.05) is 30.3 Å². The predicted molar refractivity (Wildman–Crippen MR) is 129 cm³/mol. The summed E-state index contributed by atoms with van der Waals surface area (Å²) in [6.07, 6.45) is 6.46. The highest BCUT2D eigenvalue weighted by atomic mass is 35.5. The van der Waals surface area contributed by atoms with Gasteiger partial charge in [-0.1, -0.05) is 60.8 Å². The highest BCUT2D eigenvalue weighted by Crippen LogP contribution is 2.26. The van der Waals surface area contributed by atoms with Crippen LogP contribution in [0.5, 0.6) is 0 Å². The van der Waals surface area contributed by atoms with Gasteiger partial charge >= 0.3 is 0 Å². The van der Waals surface area contributed by atoms with Gasteiger partial charge in [0.2, 0.25) is 11.8 Å². The number of aromatic nitrogens is 2. The Morgan fingerprint density at radius 3 is 2.66 bits per heavy atom. The van der Waals surface area contributed by atoms with Crippen molar-refractivity contribution < 1.29 is 9.21 Å². The summed E-state index contributed by atoms with van der Waals surface area (Å²) in [5.74, 6) is 0.490. The molecule has 6 nitrogen and oxygen atoms in total. The summed E-state index contributed by atoms with van der Waals surface area (Å²) in [7, 11) is 2.18. The van der Waals surface area contributed by atoms with Crippen molar-refractivity contribution in [3.05, 3.63) is 59.1 Å². The van der Waals surface area contributed by atoms with Gasteiger partial charge in [0, 0.05) is 28.9 Å². The average molecular weight is 471 g/mol. The minimum absolute atomic E-state index is 0.103. The number of nitrogens with one attached hydrogen (secondary N) is 1. The number of carbonyl (C=O) groups is 1. The Morgan fingerprint density at radius 2 is 1.88 bits per heavy atom. The molecule has 0 aliphatic heterocycles. The van der Waals surface area contributed by atoms with Crippen LogP contribution in [-0.4, -0.2) is 39.8 Å². The molecule has 8 heteroatoms. The average Bonchev–Trinajstić information content (AvgIpc) is 3.29. The maximum Gasteiger partial charge on any atom is 0.277 e. The molecule has 0 spiro atoms. The predicted octanol–water partition coefficient (Wildman–Crippen LogP) is 5.89. The Kier molecular flexibility index (Phi) is 7.84. The molecule has 1 saturated carbocycles. The Hall–Kier alpha value is -2.35. The lowest BCUT2D eigenvalue weighted by Crippen LogP contribution is -2.33.